The van der Waals surface area contributed by atoms with Gasteiger partial charge in [0.05, 0.1) is 26.9 Å². The molecule has 0 bridgehead atoms. The minimum absolute atomic E-state index is 0.147. The molecule has 0 amide bonds. The molecule has 0 aliphatic rings. The van der Waals surface area contributed by atoms with Crippen LogP contribution >= 0.6 is 0 Å². The lowest BCUT2D eigenvalue weighted by atomic mass is 10.1. The van der Waals surface area contributed by atoms with Gasteiger partial charge in [0, 0.05) is 0 Å². The number of methoxy groups -OCH3 is 1. The predicted octanol–water partition coefficient (Wildman–Crippen LogP) is 3.88. The van der Waals surface area contributed by atoms with E-state index in [1.165, 1.54) is 5.57 Å². The van der Waals surface area contributed by atoms with Crippen molar-refractivity contribution in [2.75, 3.05) is 20.3 Å². The van der Waals surface area contributed by atoms with Crippen LogP contribution in [-0.2, 0) is 11.3 Å². The molecule has 0 aromatic heterocycles. The third-order valence-corrected chi connectivity index (χ3v) is 3.26. The second kappa shape index (κ2) is 10.2. The van der Waals surface area contributed by atoms with Crippen molar-refractivity contribution >= 4 is 0 Å². The third-order valence-electron chi connectivity index (χ3n) is 3.26. The lowest BCUT2D eigenvalue weighted by molar-refractivity contribution is 0.148. The normalized spacial score (nSPS) is 12.6. The van der Waals surface area contributed by atoms with Crippen LogP contribution in [-0.4, -0.2) is 25.4 Å². The Morgan fingerprint density at radius 2 is 1.81 bits per heavy atom. The van der Waals surface area contributed by atoms with Crippen molar-refractivity contribution < 1.29 is 14.6 Å². The molecule has 116 valence electrons. The molecule has 0 saturated heterocycles. The molecule has 3 heteroatoms. The molecular formula is C18H26O3. The fourth-order valence-corrected chi connectivity index (χ4v) is 1.81. The van der Waals surface area contributed by atoms with E-state index in [9.17, 15) is 0 Å². The van der Waals surface area contributed by atoms with Crippen molar-refractivity contribution in [1.82, 2.24) is 0 Å². The fourth-order valence-electron chi connectivity index (χ4n) is 1.81. The summed E-state index contributed by atoms with van der Waals surface area (Å²) in [5, 5.41) is 8.90. The van der Waals surface area contributed by atoms with Gasteiger partial charge in [-0.2, -0.15) is 0 Å². The lowest BCUT2D eigenvalue weighted by Crippen LogP contribution is -1.94. The van der Waals surface area contributed by atoms with Gasteiger partial charge in [-0.3, -0.25) is 0 Å². The molecule has 0 aliphatic carbocycles. The fraction of sp³-hybridized carbons (Fsp3) is 0.444. The molecule has 0 atom stereocenters. The van der Waals surface area contributed by atoms with Gasteiger partial charge < -0.3 is 14.6 Å². The third kappa shape index (κ3) is 7.69. The van der Waals surface area contributed by atoms with Crippen LogP contribution in [0.5, 0.6) is 5.75 Å². The summed E-state index contributed by atoms with van der Waals surface area (Å²) in [6, 6.07) is 7.90. The smallest absolute Gasteiger partial charge is 0.118 e. The topological polar surface area (TPSA) is 38.7 Å². The SMILES string of the molecule is COc1ccc(COC/C=C(\C)CC/C=C(\C)CO)cc1. The summed E-state index contributed by atoms with van der Waals surface area (Å²) in [7, 11) is 1.66. The van der Waals surface area contributed by atoms with Crippen LogP contribution in [0.1, 0.15) is 32.3 Å². The van der Waals surface area contributed by atoms with Gasteiger partial charge >= 0.3 is 0 Å². The highest BCUT2D eigenvalue weighted by Gasteiger charge is 1.95. The summed E-state index contributed by atoms with van der Waals surface area (Å²) < 4.78 is 10.8. The van der Waals surface area contributed by atoms with Crippen molar-refractivity contribution in [3.63, 3.8) is 0 Å². The van der Waals surface area contributed by atoms with Crippen LogP contribution < -0.4 is 4.74 Å². The molecule has 0 saturated carbocycles. The second-order valence-corrected chi connectivity index (χ2v) is 5.16. The van der Waals surface area contributed by atoms with E-state index in [4.69, 9.17) is 14.6 Å². The standard InChI is InChI=1S/C18H26O3/c1-15(5-4-6-16(2)13-19)11-12-21-14-17-7-9-18(20-3)10-8-17/h6-11,19H,4-5,12-14H2,1-3H3/b15-11+,16-6+. The minimum Gasteiger partial charge on any atom is -0.497 e. The Morgan fingerprint density at radius 3 is 2.43 bits per heavy atom. The Balaban J connectivity index is 2.23. The molecule has 0 radical (unpaired) electrons. The maximum Gasteiger partial charge on any atom is 0.118 e. The molecule has 3 nitrogen and oxygen atoms in total. The molecule has 1 N–H and O–H groups in total. The first-order valence-corrected chi connectivity index (χ1v) is 7.28. The maximum absolute atomic E-state index is 8.90. The first kappa shape index (κ1) is 17.5. The van der Waals surface area contributed by atoms with Crippen LogP contribution in [0.3, 0.4) is 0 Å². The second-order valence-electron chi connectivity index (χ2n) is 5.16. The number of aliphatic hydroxyl groups is 1. The summed E-state index contributed by atoms with van der Waals surface area (Å²) in [5.74, 6) is 0.862. The van der Waals surface area contributed by atoms with Gasteiger partial charge in [0.1, 0.15) is 5.75 Å². The van der Waals surface area contributed by atoms with Crippen LogP contribution in [0.4, 0.5) is 0 Å². The molecule has 1 aromatic rings. The highest BCUT2D eigenvalue weighted by Crippen LogP contribution is 2.12. The lowest BCUT2D eigenvalue weighted by Gasteiger charge is -2.04. The van der Waals surface area contributed by atoms with E-state index >= 15 is 0 Å². The quantitative estimate of drug-likeness (QED) is 0.554. The van der Waals surface area contributed by atoms with E-state index < -0.39 is 0 Å². The van der Waals surface area contributed by atoms with E-state index in [0.717, 1.165) is 29.7 Å². The van der Waals surface area contributed by atoms with E-state index in [0.29, 0.717) is 13.2 Å². The van der Waals surface area contributed by atoms with E-state index in [-0.39, 0.29) is 6.61 Å². The van der Waals surface area contributed by atoms with Gasteiger partial charge in [0.15, 0.2) is 0 Å². The van der Waals surface area contributed by atoms with Gasteiger partial charge in [-0.05, 0) is 44.4 Å². The summed E-state index contributed by atoms with van der Waals surface area (Å²) in [6.45, 7) is 5.43. The average Bonchev–Trinajstić information content (AvgIpc) is 2.52. The van der Waals surface area contributed by atoms with Gasteiger partial charge in [-0.1, -0.05) is 35.4 Å². The zero-order valence-electron chi connectivity index (χ0n) is 13.3. The first-order valence-electron chi connectivity index (χ1n) is 7.28. The first-order chi connectivity index (χ1) is 10.2. The molecule has 0 unspecified atom stereocenters. The van der Waals surface area contributed by atoms with Crippen molar-refractivity contribution in [2.24, 2.45) is 0 Å². The summed E-state index contributed by atoms with van der Waals surface area (Å²) in [6.07, 6.45) is 6.16. The molecule has 21 heavy (non-hydrogen) atoms. The van der Waals surface area contributed by atoms with Gasteiger partial charge in [0.2, 0.25) is 0 Å². The van der Waals surface area contributed by atoms with Gasteiger partial charge in [-0.25, -0.2) is 0 Å². The molecule has 0 aliphatic heterocycles. The Morgan fingerprint density at radius 1 is 1.10 bits per heavy atom. The Bertz CT molecular complexity index is 458. The highest BCUT2D eigenvalue weighted by atomic mass is 16.5. The number of hydrogen-bond donors (Lipinski definition) is 1. The van der Waals surface area contributed by atoms with E-state index in [2.05, 4.69) is 19.1 Å². The average molecular weight is 290 g/mol. The van der Waals surface area contributed by atoms with Crippen molar-refractivity contribution in [1.29, 1.82) is 0 Å². The van der Waals surface area contributed by atoms with Gasteiger partial charge in [-0.15, -0.1) is 0 Å². The molecule has 0 spiro atoms. The number of allylic oxidation sites excluding steroid dienone is 2. The zero-order chi connectivity index (χ0) is 15.5. The number of benzene rings is 1. The molecule has 0 fully saturated rings. The number of ether oxygens (including phenoxy) is 2. The zero-order valence-corrected chi connectivity index (χ0v) is 13.3. The Hall–Kier alpha value is -1.58. The minimum atomic E-state index is 0.147. The summed E-state index contributed by atoms with van der Waals surface area (Å²) in [4.78, 5) is 0. The largest absolute Gasteiger partial charge is 0.497 e. The van der Waals surface area contributed by atoms with Crippen LogP contribution in [0.25, 0.3) is 0 Å². The van der Waals surface area contributed by atoms with Crippen LogP contribution in [0.15, 0.2) is 47.6 Å². The summed E-state index contributed by atoms with van der Waals surface area (Å²) >= 11 is 0. The van der Waals surface area contributed by atoms with Crippen molar-refractivity contribution in [3.8, 4) is 5.75 Å². The monoisotopic (exact) mass is 290 g/mol. The number of rotatable bonds is 9. The Labute approximate surface area is 127 Å². The van der Waals surface area contributed by atoms with Crippen LogP contribution in [0.2, 0.25) is 0 Å². The molecular weight excluding hydrogens is 264 g/mol. The van der Waals surface area contributed by atoms with Gasteiger partial charge in [0.25, 0.3) is 0 Å². The van der Waals surface area contributed by atoms with Crippen molar-refractivity contribution in [3.05, 3.63) is 53.1 Å². The highest BCUT2D eigenvalue weighted by molar-refractivity contribution is 5.26. The van der Waals surface area contributed by atoms with Crippen molar-refractivity contribution in [2.45, 2.75) is 33.3 Å². The number of hydrogen-bond acceptors (Lipinski definition) is 3. The predicted molar refractivity (Wildman–Crippen MR) is 86.5 cm³/mol. The summed E-state index contributed by atoms with van der Waals surface area (Å²) in [5.41, 5.74) is 3.48. The number of aliphatic hydroxyl groups excluding tert-OH is 1. The Kier molecular flexibility index (Phi) is 8.48. The van der Waals surface area contributed by atoms with E-state index in [1.807, 2.05) is 31.2 Å². The molecule has 0 heterocycles. The maximum atomic E-state index is 8.90. The van der Waals surface area contributed by atoms with Crippen LogP contribution in [0, 0.1) is 0 Å². The van der Waals surface area contributed by atoms with E-state index in [1.54, 1.807) is 7.11 Å². The molecule has 1 rings (SSSR count). The molecule has 1 aromatic carbocycles.